The van der Waals surface area contributed by atoms with Gasteiger partial charge in [0.05, 0.1) is 6.54 Å². The summed E-state index contributed by atoms with van der Waals surface area (Å²) in [6, 6.07) is 9.55. The normalized spacial score (nSPS) is 10.4. The summed E-state index contributed by atoms with van der Waals surface area (Å²) in [6.07, 6.45) is 0.837. The number of amides is 1. The number of halogens is 1. The third kappa shape index (κ3) is 3.89. The van der Waals surface area contributed by atoms with Crippen molar-refractivity contribution in [3.8, 4) is 0 Å². The molecule has 0 atom stereocenters. The van der Waals surface area contributed by atoms with Gasteiger partial charge in [-0.3, -0.25) is 4.79 Å². The molecule has 1 aromatic heterocycles. The van der Waals surface area contributed by atoms with Crippen molar-refractivity contribution < 1.29 is 4.79 Å². The number of benzene rings is 1. The summed E-state index contributed by atoms with van der Waals surface area (Å²) < 4.78 is 1.04. The van der Waals surface area contributed by atoms with Crippen molar-refractivity contribution in [1.82, 2.24) is 5.32 Å². The summed E-state index contributed by atoms with van der Waals surface area (Å²) in [5.41, 5.74) is 7.32. The SMILES string of the molecule is NCCc1ccc(C(=O)NCc2sccc2Br)cc1. The Morgan fingerprint density at radius 1 is 1.26 bits per heavy atom. The fourth-order valence-corrected chi connectivity index (χ4v) is 3.14. The summed E-state index contributed by atoms with van der Waals surface area (Å²) in [5.74, 6) is -0.0559. The zero-order valence-electron chi connectivity index (χ0n) is 10.4. The van der Waals surface area contributed by atoms with Gasteiger partial charge in [-0.05, 0) is 58.0 Å². The Bertz CT molecular complexity index is 551. The second kappa shape index (κ2) is 6.84. The smallest absolute Gasteiger partial charge is 0.251 e. The van der Waals surface area contributed by atoms with Gasteiger partial charge in [-0.2, -0.15) is 0 Å². The van der Waals surface area contributed by atoms with Gasteiger partial charge in [-0.15, -0.1) is 11.3 Å². The molecule has 1 amide bonds. The van der Waals surface area contributed by atoms with Gasteiger partial charge in [-0.1, -0.05) is 12.1 Å². The fourth-order valence-electron chi connectivity index (χ4n) is 1.70. The van der Waals surface area contributed by atoms with Crippen molar-refractivity contribution in [2.75, 3.05) is 6.54 Å². The van der Waals surface area contributed by atoms with Gasteiger partial charge in [0.15, 0.2) is 0 Å². The lowest BCUT2D eigenvalue weighted by Crippen LogP contribution is -2.22. The zero-order valence-corrected chi connectivity index (χ0v) is 12.8. The summed E-state index contributed by atoms with van der Waals surface area (Å²) in [7, 11) is 0. The average molecular weight is 339 g/mol. The van der Waals surface area contributed by atoms with E-state index in [4.69, 9.17) is 5.73 Å². The first-order valence-electron chi connectivity index (χ1n) is 6.00. The van der Waals surface area contributed by atoms with Crippen LogP contribution in [0.25, 0.3) is 0 Å². The van der Waals surface area contributed by atoms with Gasteiger partial charge in [0.25, 0.3) is 5.91 Å². The van der Waals surface area contributed by atoms with Crippen molar-refractivity contribution in [3.05, 3.63) is 56.2 Å². The van der Waals surface area contributed by atoms with Crippen LogP contribution in [-0.4, -0.2) is 12.5 Å². The van der Waals surface area contributed by atoms with Crippen LogP contribution in [0.4, 0.5) is 0 Å². The highest BCUT2D eigenvalue weighted by molar-refractivity contribution is 9.10. The first-order valence-corrected chi connectivity index (χ1v) is 7.67. The van der Waals surface area contributed by atoms with Gasteiger partial charge < -0.3 is 11.1 Å². The highest BCUT2D eigenvalue weighted by Gasteiger charge is 2.07. The van der Waals surface area contributed by atoms with Crippen molar-refractivity contribution in [3.63, 3.8) is 0 Å². The summed E-state index contributed by atoms with van der Waals surface area (Å²) in [4.78, 5) is 13.1. The minimum atomic E-state index is -0.0559. The number of rotatable bonds is 5. The molecule has 0 saturated heterocycles. The van der Waals surface area contributed by atoms with Crippen LogP contribution >= 0.6 is 27.3 Å². The van der Waals surface area contributed by atoms with E-state index in [0.29, 0.717) is 18.7 Å². The van der Waals surface area contributed by atoms with Crippen LogP contribution in [0.5, 0.6) is 0 Å². The van der Waals surface area contributed by atoms with Crippen molar-refractivity contribution in [1.29, 1.82) is 0 Å². The molecule has 0 aliphatic carbocycles. The Hall–Kier alpha value is -1.17. The van der Waals surface area contributed by atoms with Crippen LogP contribution < -0.4 is 11.1 Å². The number of carbonyl (C=O) groups is 1. The van der Waals surface area contributed by atoms with Crippen LogP contribution in [0, 0.1) is 0 Å². The minimum absolute atomic E-state index is 0.0559. The van der Waals surface area contributed by atoms with E-state index >= 15 is 0 Å². The van der Waals surface area contributed by atoms with Crippen molar-refractivity contribution in [2.45, 2.75) is 13.0 Å². The molecule has 0 fully saturated rings. The van der Waals surface area contributed by atoms with Gasteiger partial charge in [0.1, 0.15) is 0 Å². The van der Waals surface area contributed by atoms with Crippen molar-refractivity contribution >= 4 is 33.2 Å². The lowest BCUT2D eigenvalue weighted by Gasteiger charge is -2.05. The second-order valence-electron chi connectivity index (χ2n) is 4.11. The molecule has 5 heteroatoms. The lowest BCUT2D eigenvalue weighted by atomic mass is 10.1. The third-order valence-corrected chi connectivity index (χ3v) is 4.68. The monoisotopic (exact) mass is 338 g/mol. The van der Waals surface area contributed by atoms with Crippen LogP contribution in [0.1, 0.15) is 20.8 Å². The first kappa shape index (κ1) is 14.2. The van der Waals surface area contributed by atoms with Gasteiger partial charge in [-0.25, -0.2) is 0 Å². The third-order valence-electron chi connectivity index (χ3n) is 2.75. The minimum Gasteiger partial charge on any atom is -0.347 e. The molecular weight excluding hydrogens is 324 g/mol. The van der Waals surface area contributed by atoms with E-state index in [2.05, 4.69) is 21.2 Å². The molecule has 0 aliphatic rings. The van der Waals surface area contributed by atoms with E-state index in [1.807, 2.05) is 35.7 Å². The molecule has 19 heavy (non-hydrogen) atoms. The topological polar surface area (TPSA) is 55.1 Å². The van der Waals surface area contributed by atoms with Crippen LogP contribution in [0.2, 0.25) is 0 Å². The first-order chi connectivity index (χ1) is 9.20. The molecule has 3 nitrogen and oxygen atoms in total. The molecular formula is C14H15BrN2OS. The Kier molecular flexibility index (Phi) is 5.13. The van der Waals surface area contributed by atoms with E-state index in [0.717, 1.165) is 21.3 Å². The second-order valence-corrected chi connectivity index (χ2v) is 5.96. The Morgan fingerprint density at radius 2 is 2.00 bits per heavy atom. The molecule has 3 N–H and O–H groups in total. The number of hydrogen-bond acceptors (Lipinski definition) is 3. The standard InChI is InChI=1S/C14H15BrN2OS/c15-12-6-8-19-13(12)9-17-14(18)11-3-1-10(2-4-11)5-7-16/h1-4,6,8H,5,7,9,16H2,(H,17,18). The zero-order chi connectivity index (χ0) is 13.7. The van der Waals surface area contributed by atoms with E-state index in [9.17, 15) is 4.79 Å². The molecule has 2 aromatic rings. The molecule has 0 radical (unpaired) electrons. The summed E-state index contributed by atoms with van der Waals surface area (Å²) in [6.45, 7) is 1.17. The fraction of sp³-hybridized carbons (Fsp3) is 0.214. The maximum atomic E-state index is 12.0. The van der Waals surface area contributed by atoms with E-state index < -0.39 is 0 Å². The number of hydrogen-bond donors (Lipinski definition) is 2. The molecule has 1 heterocycles. The molecule has 100 valence electrons. The van der Waals surface area contributed by atoms with Crippen molar-refractivity contribution in [2.24, 2.45) is 5.73 Å². The highest BCUT2D eigenvalue weighted by atomic mass is 79.9. The summed E-state index contributed by atoms with van der Waals surface area (Å²) in [5, 5.41) is 4.90. The molecule has 2 rings (SSSR count). The van der Waals surface area contributed by atoms with E-state index in [1.165, 1.54) is 0 Å². The van der Waals surface area contributed by atoms with Gasteiger partial charge in [0.2, 0.25) is 0 Å². The predicted octanol–water partition coefficient (Wildman–Crippen LogP) is 2.94. The number of nitrogens with two attached hydrogens (primary N) is 1. The maximum Gasteiger partial charge on any atom is 0.251 e. The number of nitrogens with one attached hydrogen (secondary N) is 1. The molecule has 0 bridgehead atoms. The van der Waals surface area contributed by atoms with Gasteiger partial charge in [0, 0.05) is 14.9 Å². The predicted molar refractivity (Wildman–Crippen MR) is 82.4 cm³/mol. The molecule has 0 unspecified atom stereocenters. The van der Waals surface area contributed by atoms with Gasteiger partial charge >= 0.3 is 0 Å². The molecule has 0 aliphatic heterocycles. The Balaban J connectivity index is 1.94. The van der Waals surface area contributed by atoms with E-state index in [-0.39, 0.29) is 5.91 Å². The Morgan fingerprint density at radius 3 is 2.58 bits per heavy atom. The van der Waals surface area contributed by atoms with Crippen LogP contribution in [-0.2, 0) is 13.0 Å². The lowest BCUT2D eigenvalue weighted by molar-refractivity contribution is 0.0951. The molecule has 1 aromatic carbocycles. The molecule has 0 spiro atoms. The highest BCUT2D eigenvalue weighted by Crippen LogP contribution is 2.22. The number of thiophene rings is 1. The van der Waals surface area contributed by atoms with Crippen LogP contribution in [0.15, 0.2) is 40.2 Å². The number of carbonyl (C=O) groups excluding carboxylic acids is 1. The Labute approximate surface area is 125 Å². The average Bonchev–Trinajstić information content (AvgIpc) is 2.83. The summed E-state index contributed by atoms with van der Waals surface area (Å²) >= 11 is 5.07. The molecule has 0 saturated carbocycles. The quantitative estimate of drug-likeness (QED) is 0.880. The largest absolute Gasteiger partial charge is 0.347 e. The van der Waals surface area contributed by atoms with Crippen LogP contribution in [0.3, 0.4) is 0 Å². The maximum absolute atomic E-state index is 12.0. The van der Waals surface area contributed by atoms with E-state index in [1.54, 1.807) is 11.3 Å².